The van der Waals surface area contributed by atoms with E-state index in [4.69, 9.17) is 10.5 Å². The molecule has 4 heteroatoms. The molecule has 0 saturated heterocycles. The van der Waals surface area contributed by atoms with Crippen molar-refractivity contribution in [2.45, 2.75) is 33.6 Å². The first-order chi connectivity index (χ1) is 9.58. The Morgan fingerprint density at radius 3 is 2.65 bits per heavy atom. The molecule has 0 spiro atoms. The van der Waals surface area contributed by atoms with Crippen LogP contribution in [0.1, 0.15) is 32.3 Å². The predicted octanol–water partition coefficient (Wildman–Crippen LogP) is 2.71. The summed E-state index contributed by atoms with van der Waals surface area (Å²) in [5.41, 5.74) is 7.01. The second-order valence-electron chi connectivity index (χ2n) is 5.39. The van der Waals surface area contributed by atoms with Crippen LogP contribution >= 0.6 is 0 Å². The van der Waals surface area contributed by atoms with E-state index in [1.165, 1.54) is 5.56 Å². The lowest BCUT2D eigenvalue weighted by Gasteiger charge is -2.08. The molecule has 1 rings (SSSR count). The quantitative estimate of drug-likeness (QED) is 0.436. The molecule has 0 fully saturated rings. The van der Waals surface area contributed by atoms with Crippen molar-refractivity contribution < 1.29 is 4.74 Å². The highest BCUT2D eigenvalue weighted by Gasteiger charge is 1.96. The van der Waals surface area contributed by atoms with E-state index in [9.17, 15) is 0 Å². The number of nitrogens with zero attached hydrogens (tertiary/aromatic N) is 1. The molecule has 0 bridgehead atoms. The number of guanidine groups is 1. The number of nitrogens with one attached hydrogen (secondary N) is 1. The molecule has 112 valence electrons. The maximum atomic E-state index is 5.77. The van der Waals surface area contributed by atoms with Crippen LogP contribution in [0.2, 0.25) is 0 Å². The molecule has 0 heterocycles. The highest BCUT2D eigenvalue weighted by atomic mass is 16.5. The zero-order valence-corrected chi connectivity index (χ0v) is 12.9. The van der Waals surface area contributed by atoms with Crippen molar-refractivity contribution in [2.24, 2.45) is 16.6 Å². The van der Waals surface area contributed by atoms with Gasteiger partial charge in [-0.3, -0.25) is 4.99 Å². The number of ether oxygens (including phenoxy) is 1. The van der Waals surface area contributed by atoms with Crippen LogP contribution < -0.4 is 15.8 Å². The van der Waals surface area contributed by atoms with Crippen LogP contribution in [0.5, 0.6) is 5.75 Å². The van der Waals surface area contributed by atoms with Crippen LogP contribution in [-0.4, -0.2) is 25.7 Å². The van der Waals surface area contributed by atoms with Gasteiger partial charge in [-0.25, -0.2) is 0 Å². The van der Waals surface area contributed by atoms with Gasteiger partial charge in [-0.2, -0.15) is 0 Å². The first kappa shape index (κ1) is 16.3. The Balaban J connectivity index is 2.10. The molecule has 0 radical (unpaired) electrons. The van der Waals surface area contributed by atoms with E-state index < -0.39 is 0 Å². The third kappa shape index (κ3) is 7.67. The highest BCUT2D eigenvalue weighted by Crippen LogP contribution is 2.11. The predicted molar refractivity (Wildman–Crippen MR) is 85.2 cm³/mol. The number of hydrogen-bond donors (Lipinski definition) is 2. The molecule has 4 nitrogen and oxygen atoms in total. The zero-order chi connectivity index (χ0) is 14.8. The SMILES string of the molecule is Cc1ccc(OCCCN=C(N)NCCC(C)C)cc1. The average Bonchev–Trinajstić information content (AvgIpc) is 2.40. The van der Waals surface area contributed by atoms with Gasteiger partial charge in [0.25, 0.3) is 0 Å². The van der Waals surface area contributed by atoms with Crippen molar-refractivity contribution in [3.8, 4) is 5.75 Å². The van der Waals surface area contributed by atoms with Crippen LogP contribution in [0.25, 0.3) is 0 Å². The lowest BCUT2D eigenvalue weighted by atomic mass is 10.1. The fourth-order valence-corrected chi connectivity index (χ4v) is 1.63. The van der Waals surface area contributed by atoms with E-state index in [0.29, 0.717) is 25.0 Å². The van der Waals surface area contributed by atoms with Crippen molar-refractivity contribution in [1.29, 1.82) is 0 Å². The Morgan fingerprint density at radius 1 is 1.30 bits per heavy atom. The van der Waals surface area contributed by atoms with Gasteiger partial charge in [0.05, 0.1) is 6.61 Å². The Kier molecular flexibility index (Phi) is 7.55. The summed E-state index contributed by atoms with van der Waals surface area (Å²) < 4.78 is 5.62. The number of benzene rings is 1. The van der Waals surface area contributed by atoms with E-state index in [0.717, 1.165) is 25.1 Å². The number of rotatable bonds is 8. The minimum atomic E-state index is 0.529. The van der Waals surface area contributed by atoms with Crippen LogP contribution in [0, 0.1) is 12.8 Å². The van der Waals surface area contributed by atoms with Gasteiger partial charge >= 0.3 is 0 Å². The maximum Gasteiger partial charge on any atom is 0.188 e. The fourth-order valence-electron chi connectivity index (χ4n) is 1.63. The number of aliphatic imine (C=N–C) groups is 1. The summed E-state index contributed by atoms with van der Waals surface area (Å²) >= 11 is 0. The second-order valence-corrected chi connectivity index (χ2v) is 5.39. The molecule has 0 amide bonds. The van der Waals surface area contributed by atoms with Gasteiger partial charge in [-0.1, -0.05) is 31.5 Å². The number of nitrogens with two attached hydrogens (primary N) is 1. The number of hydrogen-bond acceptors (Lipinski definition) is 2. The lowest BCUT2D eigenvalue weighted by molar-refractivity contribution is 0.313. The standard InChI is InChI=1S/C16H27N3O/c1-13(2)9-11-19-16(17)18-10-4-12-20-15-7-5-14(3)6-8-15/h5-8,13H,4,9-12H2,1-3H3,(H3,17,18,19). The van der Waals surface area contributed by atoms with Crippen molar-refractivity contribution in [3.63, 3.8) is 0 Å². The molecule has 3 N–H and O–H groups in total. The van der Waals surface area contributed by atoms with Crippen molar-refractivity contribution >= 4 is 5.96 Å². The summed E-state index contributed by atoms with van der Waals surface area (Å²) in [4.78, 5) is 4.27. The summed E-state index contributed by atoms with van der Waals surface area (Å²) in [6, 6.07) is 8.06. The monoisotopic (exact) mass is 277 g/mol. The lowest BCUT2D eigenvalue weighted by Crippen LogP contribution is -2.33. The van der Waals surface area contributed by atoms with Crippen LogP contribution in [0.15, 0.2) is 29.3 Å². The fraction of sp³-hybridized carbons (Fsp3) is 0.562. The van der Waals surface area contributed by atoms with Gasteiger partial charge in [0, 0.05) is 19.5 Å². The van der Waals surface area contributed by atoms with E-state index in [2.05, 4.69) is 31.1 Å². The molecular weight excluding hydrogens is 250 g/mol. The zero-order valence-electron chi connectivity index (χ0n) is 12.9. The largest absolute Gasteiger partial charge is 0.494 e. The summed E-state index contributed by atoms with van der Waals surface area (Å²) in [5.74, 6) is 2.11. The second kappa shape index (κ2) is 9.23. The molecule has 0 atom stereocenters. The summed E-state index contributed by atoms with van der Waals surface area (Å²) in [6.07, 6.45) is 1.97. The Morgan fingerprint density at radius 2 is 2.00 bits per heavy atom. The van der Waals surface area contributed by atoms with E-state index in [1.807, 2.05) is 24.3 Å². The normalized spacial score (nSPS) is 11.7. The summed E-state index contributed by atoms with van der Waals surface area (Å²) in [5, 5.41) is 3.12. The molecule has 20 heavy (non-hydrogen) atoms. The molecule has 0 saturated carbocycles. The molecular formula is C16H27N3O. The molecule has 0 aliphatic carbocycles. The minimum absolute atomic E-state index is 0.529. The Bertz CT molecular complexity index is 399. The van der Waals surface area contributed by atoms with Gasteiger partial charge in [-0.05, 0) is 31.4 Å². The Hall–Kier alpha value is -1.71. The highest BCUT2D eigenvalue weighted by molar-refractivity contribution is 5.77. The average molecular weight is 277 g/mol. The summed E-state index contributed by atoms with van der Waals surface area (Å²) in [6.45, 7) is 8.67. The summed E-state index contributed by atoms with van der Waals surface area (Å²) in [7, 11) is 0. The first-order valence-electron chi connectivity index (χ1n) is 7.31. The van der Waals surface area contributed by atoms with Gasteiger partial charge in [-0.15, -0.1) is 0 Å². The molecule has 0 aliphatic heterocycles. The van der Waals surface area contributed by atoms with E-state index in [1.54, 1.807) is 0 Å². The van der Waals surface area contributed by atoms with Crippen LogP contribution in [-0.2, 0) is 0 Å². The van der Waals surface area contributed by atoms with Gasteiger partial charge in [0.15, 0.2) is 5.96 Å². The molecule has 1 aromatic rings. The third-order valence-electron chi connectivity index (χ3n) is 2.90. The topological polar surface area (TPSA) is 59.6 Å². The molecule has 1 aromatic carbocycles. The molecule has 0 unspecified atom stereocenters. The smallest absolute Gasteiger partial charge is 0.188 e. The van der Waals surface area contributed by atoms with E-state index >= 15 is 0 Å². The van der Waals surface area contributed by atoms with Crippen molar-refractivity contribution in [3.05, 3.63) is 29.8 Å². The van der Waals surface area contributed by atoms with Gasteiger partial charge < -0.3 is 15.8 Å². The molecule has 0 aliphatic rings. The molecule has 0 aromatic heterocycles. The van der Waals surface area contributed by atoms with Crippen molar-refractivity contribution in [2.75, 3.05) is 19.7 Å². The maximum absolute atomic E-state index is 5.77. The van der Waals surface area contributed by atoms with Gasteiger partial charge in [0.2, 0.25) is 0 Å². The Labute approximate surface area is 122 Å². The first-order valence-corrected chi connectivity index (χ1v) is 7.31. The van der Waals surface area contributed by atoms with Gasteiger partial charge in [0.1, 0.15) is 5.75 Å². The van der Waals surface area contributed by atoms with Crippen LogP contribution in [0.3, 0.4) is 0 Å². The van der Waals surface area contributed by atoms with Crippen LogP contribution in [0.4, 0.5) is 0 Å². The minimum Gasteiger partial charge on any atom is -0.494 e. The van der Waals surface area contributed by atoms with Crippen molar-refractivity contribution in [1.82, 2.24) is 5.32 Å². The number of aryl methyl sites for hydroxylation is 1. The van der Waals surface area contributed by atoms with E-state index in [-0.39, 0.29) is 0 Å². The third-order valence-corrected chi connectivity index (χ3v) is 2.90.